The summed E-state index contributed by atoms with van der Waals surface area (Å²) in [6, 6.07) is 8.31. The zero-order chi connectivity index (χ0) is 16.8. The molecule has 0 unspecified atom stereocenters. The maximum Gasteiger partial charge on any atom is 0.328 e. The van der Waals surface area contributed by atoms with Gasteiger partial charge >= 0.3 is 5.97 Å². The fraction of sp³-hybridized carbons (Fsp3) is 0.118. The van der Waals surface area contributed by atoms with Gasteiger partial charge in [0.2, 0.25) is 0 Å². The summed E-state index contributed by atoms with van der Waals surface area (Å²) in [7, 11) is 1.49. The molecule has 0 aliphatic rings. The van der Waals surface area contributed by atoms with Gasteiger partial charge in [0, 0.05) is 17.7 Å². The summed E-state index contributed by atoms with van der Waals surface area (Å²) in [4.78, 5) is 10.5. The van der Waals surface area contributed by atoms with Crippen LogP contribution in [-0.2, 0) is 11.4 Å². The van der Waals surface area contributed by atoms with E-state index in [0.29, 0.717) is 16.9 Å². The second kappa shape index (κ2) is 7.40. The van der Waals surface area contributed by atoms with Crippen LogP contribution in [0.25, 0.3) is 6.08 Å². The summed E-state index contributed by atoms with van der Waals surface area (Å²) < 4.78 is 36.7. The van der Waals surface area contributed by atoms with Crippen molar-refractivity contribution in [1.82, 2.24) is 0 Å². The van der Waals surface area contributed by atoms with Crippen LogP contribution >= 0.6 is 0 Å². The van der Waals surface area contributed by atoms with Gasteiger partial charge in [-0.15, -0.1) is 0 Å². The third-order valence-corrected chi connectivity index (χ3v) is 3.01. The Morgan fingerprint density at radius 3 is 2.61 bits per heavy atom. The van der Waals surface area contributed by atoms with E-state index in [9.17, 15) is 13.6 Å². The van der Waals surface area contributed by atoms with Crippen molar-refractivity contribution < 1.29 is 28.2 Å². The molecule has 6 heteroatoms. The molecule has 0 fully saturated rings. The minimum Gasteiger partial charge on any atom is -0.496 e. The van der Waals surface area contributed by atoms with E-state index in [1.54, 1.807) is 18.2 Å². The monoisotopic (exact) mass is 320 g/mol. The number of halogens is 2. The van der Waals surface area contributed by atoms with Crippen LogP contribution in [0.1, 0.15) is 11.1 Å². The average molecular weight is 320 g/mol. The van der Waals surface area contributed by atoms with Crippen LogP contribution in [0.2, 0.25) is 0 Å². The Kier molecular flexibility index (Phi) is 5.30. The Labute approximate surface area is 131 Å². The van der Waals surface area contributed by atoms with E-state index in [-0.39, 0.29) is 12.4 Å². The van der Waals surface area contributed by atoms with Gasteiger partial charge in [-0.05, 0) is 35.9 Å². The highest BCUT2D eigenvalue weighted by Crippen LogP contribution is 2.23. The van der Waals surface area contributed by atoms with Gasteiger partial charge in [-0.25, -0.2) is 13.6 Å². The lowest BCUT2D eigenvalue weighted by atomic mass is 10.1. The van der Waals surface area contributed by atoms with E-state index in [0.717, 1.165) is 18.2 Å². The maximum atomic E-state index is 13.1. The van der Waals surface area contributed by atoms with Crippen LogP contribution in [0, 0.1) is 11.6 Å². The third kappa shape index (κ3) is 4.54. The molecule has 23 heavy (non-hydrogen) atoms. The van der Waals surface area contributed by atoms with Gasteiger partial charge in [0.15, 0.2) is 11.6 Å². The van der Waals surface area contributed by atoms with Crippen molar-refractivity contribution >= 4 is 12.0 Å². The first kappa shape index (κ1) is 16.5. The summed E-state index contributed by atoms with van der Waals surface area (Å²) in [5, 5.41) is 8.64. The van der Waals surface area contributed by atoms with Gasteiger partial charge in [-0.2, -0.15) is 0 Å². The largest absolute Gasteiger partial charge is 0.496 e. The molecule has 0 radical (unpaired) electrons. The lowest BCUT2D eigenvalue weighted by molar-refractivity contribution is -0.131. The standard InChI is InChI=1S/C17H14F2O4/c1-22-16-6-2-11(3-7-17(20)21)8-12(16)10-23-13-4-5-14(18)15(19)9-13/h2-9H,10H2,1H3,(H,20,21)/b7-3+. The second-order valence-electron chi connectivity index (χ2n) is 4.61. The number of carbonyl (C=O) groups is 1. The molecule has 0 aliphatic heterocycles. The van der Waals surface area contributed by atoms with Crippen molar-refractivity contribution in [3.05, 3.63) is 65.2 Å². The molecule has 0 aromatic heterocycles. The fourth-order valence-electron chi connectivity index (χ4n) is 1.91. The molecule has 2 aromatic carbocycles. The number of aliphatic carboxylic acids is 1. The number of hydrogen-bond acceptors (Lipinski definition) is 3. The van der Waals surface area contributed by atoms with Crippen LogP contribution in [0.5, 0.6) is 11.5 Å². The predicted molar refractivity (Wildman–Crippen MR) is 80.4 cm³/mol. The van der Waals surface area contributed by atoms with Gasteiger partial charge in [-0.1, -0.05) is 6.07 Å². The summed E-state index contributed by atoms with van der Waals surface area (Å²) in [5.74, 6) is -2.28. The number of carboxylic acid groups (broad SMARTS) is 1. The molecule has 0 spiro atoms. The van der Waals surface area contributed by atoms with Crippen LogP contribution in [0.3, 0.4) is 0 Å². The molecule has 2 aromatic rings. The zero-order valence-corrected chi connectivity index (χ0v) is 12.3. The Morgan fingerprint density at radius 1 is 1.17 bits per heavy atom. The van der Waals surface area contributed by atoms with Gasteiger partial charge < -0.3 is 14.6 Å². The molecule has 1 N–H and O–H groups in total. The molecule has 0 aliphatic carbocycles. The van der Waals surface area contributed by atoms with E-state index in [2.05, 4.69) is 0 Å². The number of carboxylic acids is 1. The average Bonchev–Trinajstić information content (AvgIpc) is 2.54. The number of benzene rings is 2. The van der Waals surface area contributed by atoms with Crippen LogP contribution < -0.4 is 9.47 Å². The van der Waals surface area contributed by atoms with Crippen molar-refractivity contribution in [3.8, 4) is 11.5 Å². The molecular formula is C17H14F2O4. The Bertz CT molecular complexity index is 741. The van der Waals surface area contributed by atoms with E-state index in [4.69, 9.17) is 14.6 Å². The second-order valence-corrected chi connectivity index (χ2v) is 4.61. The molecule has 0 saturated heterocycles. The van der Waals surface area contributed by atoms with Crippen molar-refractivity contribution in [2.45, 2.75) is 6.61 Å². The van der Waals surface area contributed by atoms with Crippen LogP contribution in [0.4, 0.5) is 8.78 Å². The molecule has 0 bridgehead atoms. The first-order chi connectivity index (χ1) is 11.0. The van der Waals surface area contributed by atoms with Gasteiger partial charge in [0.05, 0.1) is 7.11 Å². The van der Waals surface area contributed by atoms with Crippen LogP contribution in [0.15, 0.2) is 42.5 Å². The molecule has 0 heterocycles. The highest BCUT2D eigenvalue weighted by molar-refractivity contribution is 5.85. The molecule has 0 atom stereocenters. The summed E-state index contributed by atoms with van der Waals surface area (Å²) in [6.07, 6.45) is 2.45. The number of hydrogen-bond donors (Lipinski definition) is 1. The number of rotatable bonds is 6. The first-order valence-corrected chi connectivity index (χ1v) is 6.65. The highest BCUT2D eigenvalue weighted by Gasteiger charge is 2.07. The minimum atomic E-state index is -1.06. The molecule has 0 saturated carbocycles. The Hall–Kier alpha value is -2.89. The minimum absolute atomic E-state index is 0.0585. The lowest BCUT2D eigenvalue weighted by Gasteiger charge is -2.11. The zero-order valence-electron chi connectivity index (χ0n) is 12.3. The van der Waals surface area contributed by atoms with Gasteiger partial charge in [0.1, 0.15) is 18.1 Å². The van der Waals surface area contributed by atoms with Gasteiger partial charge in [-0.3, -0.25) is 0 Å². The van der Waals surface area contributed by atoms with E-state index in [1.165, 1.54) is 19.3 Å². The highest BCUT2D eigenvalue weighted by atomic mass is 19.2. The molecule has 120 valence electrons. The fourth-order valence-corrected chi connectivity index (χ4v) is 1.91. The first-order valence-electron chi connectivity index (χ1n) is 6.65. The maximum absolute atomic E-state index is 13.1. The summed E-state index contributed by atoms with van der Waals surface area (Å²) >= 11 is 0. The Balaban J connectivity index is 2.18. The summed E-state index contributed by atoms with van der Waals surface area (Å²) in [6.45, 7) is 0.0585. The smallest absolute Gasteiger partial charge is 0.328 e. The quantitative estimate of drug-likeness (QED) is 0.826. The van der Waals surface area contributed by atoms with E-state index >= 15 is 0 Å². The summed E-state index contributed by atoms with van der Waals surface area (Å²) in [5.41, 5.74) is 1.29. The normalized spacial score (nSPS) is 10.7. The number of ether oxygens (including phenoxy) is 2. The molecular weight excluding hydrogens is 306 g/mol. The third-order valence-electron chi connectivity index (χ3n) is 3.01. The topological polar surface area (TPSA) is 55.8 Å². The van der Waals surface area contributed by atoms with Crippen molar-refractivity contribution in [2.75, 3.05) is 7.11 Å². The van der Waals surface area contributed by atoms with E-state index in [1.807, 2.05) is 0 Å². The SMILES string of the molecule is COc1ccc(/C=C/C(=O)O)cc1COc1ccc(F)c(F)c1. The van der Waals surface area contributed by atoms with Crippen molar-refractivity contribution in [3.63, 3.8) is 0 Å². The molecule has 4 nitrogen and oxygen atoms in total. The van der Waals surface area contributed by atoms with E-state index < -0.39 is 17.6 Å². The van der Waals surface area contributed by atoms with Crippen molar-refractivity contribution in [2.24, 2.45) is 0 Å². The van der Waals surface area contributed by atoms with Crippen LogP contribution in [-0.4, -0.2) is 18.2 Å². The Morgan fingerprint density at radius 2 is 1.96 bits per heavy atom. The lowest BCUT2D eigenvalue weighted by Crippen LogP contribution is -2.00. The van der Waals surface area contributed by atoms with Gasteiger partial charge in [0.25, 0.3) is 0 Å². The molecule has 0 amide bonds. The molecule has 2 rings (SSSR count). The number of methoxy groups -OCH3 is 1. The predicted octanol–water partition coefficient (Wildman–Crippen LogP) is 3.65. The van der Waals surface area contributed by atoms with Crippen molar-refractivity contribution in [1.29, 1.82) is 0 Å².